The first-order valence-electron chi connectivity index (χ1n) is 12.2. The molecule has 0 saturated carbocycles. The van der Waals surface area contributed by atoms with E-state index in [1.54, 1.807) is 14.2 Å². The first-order valence-corrected chi connectivity index (χ1v) is 12.2. The van der Waals surface area contributed by atoms with E-state index in [-0.39, 0.29) is 12.8 Å². The van der Waals surface area contributed by atoms with E-state index in [1.807, 2.05) is 25.2 Å². The van der Waals surface area contributed by atoms with Crippen LogP contribution in [0.5, 0.6) is 28.7 Å². The number of benzene rings is 3. The molecule has 1 unspecified atom stereocenters. The van der Waals surface area contributed by atoms with Gasteiger partial charge in [-0.05, 0) is 37.6 Å². The van der Waals surface area contributed by atoms with Gasteiger partial charge in [0.05, 0.1) is 27.4 Å². The zero-order valence-electron chi connectivity index (χ0n) is 21.5. The molecule has 192 valence electrons. The Labute approximate surface area is 215 Å². The fraction of sp³-hybridized carbons (Fsp3) is 0.345. The molecule has 3 heterocycles. The lowest BCUT2D eigenvalue weighted by atomic mass is 9.81. The Bertz CT molecular complexity index is 1420. The molecule has 6 rings (SSSR count). The molecule has 0 radical (unpaired) electrons. The van der Waals surface area contributed by atoms with E-state index in [4.69, 9.17) is 28.4 Å². The second-order valence-electron chi connectivity index (χ2n) is 9.50. The average Bonchev–Trinajstić information content (AvgIpc) is 3.51. The predicted molar refractivity (Wildman–Crippen MR) is 136 cm³/mol. The van der Waals surface area contributed by atoms with E-state index in [9.17, 15) is 4.79 Å². The number of carbonyl (C=O) groups excluding carboxylic acids is 1. The van der Waals surface area contributed by atoms with Crippen LogP contribution in [0.3, 0.4) is 0 Å². The maximum absolute atomic E-state index is 13.2. The predicted octanol–water partition coefficient (Wildman–Crippen LogP) is 4.86. The molecule has 0 aliphatic carbocycles. The highest BCUT2D eigenvalue weighted by molar-refractivity contribution is 5.98. The zero-order chi connectivity index (χ0) is 25.8. The van der Waals surface area contributed by atoms with Gasteiger partial charge in [0.25, 0.3) is 0 Å². The van der Waals surface area contributed by atoms with Crippen LogP contribution in [0.15, 0.2) is 36.4 Å². The Balaban J connectivity index is 1.60. The van der Waals surface area contributed by atoms with Crippen LogP contribution in [0, 0.1) is 6.92 Å². The number of aryl methyl sites for hydroxylation is 1. The normalized spacial score (nSPS) is 19.8. The molecule has 3 aliphatic rings. The number of likely N-dealkylation sites (N-methyl/N-ethyl adjacent to an activating group) is 1. The van der Waals surface area contributed by atoms with Gasteiger partial charge in [0.2, 0.25) is 12.5 Å². The number of hydrogen-bond donors (Lipinski definition) is 0. The zero-order valence-corrected chi connectivity index (χ0v) is 21.5. The highest BCUT2D eigenvalue weighted by Gasteiger charge is 2.47. The van der Waals surface area contributed by atoms with Crippen LogP contribution in [0.2, 0.25) is 0 Å². The molecule has 3 aromatic carbocycles. The summed E-state index contributed by atoms with van der Waals surface area (Å²) < 4.78 is 35.1. The van der Waals surface area contributed by atoms with Crippen molar-refractivity contribution in [2.45, 2.75) is 25.5 Å². The molecule has 8 nitrogen and oxygen atoms in total. The Hall–Kier alpha value is -3.91. The first-order chi connectivity index (χ1) is 18.0. The topological polar surface area (TPSA) is 75.7 Å². The number of methoxy groups -OCH3 is 3. The minimum atomic E-state index is -0.578. The second-order valence-corrected chi connectivity index (χ2v) is 9.50. The van der Waals surface area contributed by atoms with Crippen molar-refractivity contribution < 1.29 is 33.2 Å². The van der Waals surface area contributed by atoms with Crippen LogP contribution < -0.4 is 23.7 Å². The summed E-state index contributed by atoms with van der Waals surface area (Å²) in [5.41, 5.74) is 6.41. The number of carbonyl (C=O) groups is 1. The molecule has 2 atom stereocenters. The molecular formula is C29H29NO7. The summed E-state index contributed by atoms with van der Waals surface area (Å²) >= 11 is 0. The van der Waals surface area contributed by atoms with E-state index in [0.717, 1.165) is 46.3 Å². The number of hydrogen-bond acceptors (Lipinski definition) is 8. The number of nitrogens with zero attached hydrogens (tertiary/aromatic N) is 1. The second kappa shape index (κ2) is 8.88. The summed E-state index contributed by atoms with van der Waals surface area (Å²) in [4.78, 5) is 15.4. The van der Waals surface area contributed by atoms with Gasteiger partial charge in [-0.1, -0.05) is 35.9 Å². The maximum Gasteiger partial charge on any atom is 0.343 e. The number of rotatable bonds is 5. The van der Waals surface area contributed by atoms with Crippen molar-refractivity contribution in [1.29, 1.82) is 0 Å². The maximum atomic E-state index is 13.2. The number of cyclic esters (lactones) is 1. The molecule has 0 saturated heterocycles. The van der Waals surface area contributed by atoms with Gasteiger partial charge in [0.15, 0.2) is 23.0 Å². The third-order valence-corrected chi connectivity index (χ3v) is 7.52. The van der Waals surface area contributed by atoms with Gasteiger partial charge in [0, 0.05) is 23.2 Å². The average molecular weight is 504 g/mol. The monoisotopic (exact) mass is 503 g/mol. The highest BCUT2D eigenvalue weighted by Crippen LogP contribution is 2.58. The Morgan fingerprint density at radius 1 is 0.946 bits per heavy atom. The smallest absolute Gasteiger partial charge is 0.343 e. The fourth-order valence-corrected chi connectivity index (χ4v) is 5.94. The molecule has 3 aromatic rings. The van der Waals surface area contributed by atoms with Crippen LogP contribution in [-0.2, 0) is 11.2 Å². The minimum absolute atomic E-state index is 0.117. The molecule has 3 aliphatic heterocycles. The highest BCUT2D eigenvalue weighted by atomic mass is 16.7. The van der Waals surface area contributed by atoms with Crippen LogP contribution in [0.4, 0.5) is 0 Å². The lowest BCUT2D eigenvalue weighted by molar-refractivity contribution is 0.00877. The number of ether oxygens (including phenoxy) is 6. The van der Waals surface area contributed by atoms with Crippen molar-refractivity contribution in [3.8, 4) is 39.9 Å². The van der Waals surface area contributed by atoms with E-state index in [1.165, 1.54) is 7.11 Å². The quantitative estimate of drug-likeness (QED) is 0.457. The standard InChI is InChI=1S/C29H29NO7/c1-15-7-6-8-16(13-15)20-17-11-12-30(2)23(21(17)26(34-5)28-27(20)35-14-36-28)24-18-9-10-19(32-3)25(33-4)22(18)29(31)37-24/h6-10,13,23-24H,11-12,14H2,1-5H3/t23-,24?/m1/s1. The third-order valence-electron chi connectivity index (χ3n) is 7.52. The Morgan fingerprint density at radius 2 is 1.73 bits per heavy atom. The molecule has 0 aromatic heterocycles. The van der Waals surface area contributed by atoms with Crippen molar-refractivity contribution in [2.75, 3.05) is 41.7 Å². The van der Waals surface area contributed by atoms with Gasteiger partial charge >= 0.3 is 5.97 Å². The van der Waals surface area contributed by atoms with Gasteiger partial charge in [-0.3, -0.25) is 4.90 Å². The molecule has 0 bridgehead atoms. The van der Waals surface area contributed by atoms with E-state index < -0.39 is 12.1 Å². The first kappa shape index (κ1) is 23.5. The van der Waals surface area contributed by atoms with E-state index in [0.29, 0.717) is 34.3 Å². The van der Waals surface area contributed by atoms with E-state index >= 15 is 0 Å². The Kier molecular flexibility index (Phi) is 5.64. The minimum Gasteiger partial charge on any atom is -0.493 e. The molecule has 0 fully saturated rings. The Morgan fingerprint density at radius 3 is 2.46 bits per heavy atom. The third kappa shape index (κ3) is 3.43. The molecular weight excluding hydrogens is 474 g/mol. The van der Waals surface area contributed by atoms with Gasteiger partial charge in [-0.15, -0.1) is 0 Å². The van der Waals surface area contributed by atoms with Gasteiger partial charge in [-0.2, -0.15) is 0 Å². The SMILES string of the molecule is COc1ccc2c(c1OC)C(=O)OC2[C@H]1c2c(c(-c3cccc(C)c3)c3c(c2OC)OCO3)CCN1C. The summed E-state index contributed by atoms with van der Waals surface area (Å²) in [5, 5.41) is 0. The molecule has 0 amide bonds. The van der Waals surface area contributed by atoms with Crippen molar-refractivity contribution >= 4 is 5.97 Å². The van der Waals surface area contributed by atoms with Gasteiger partial charge in [0.1, 0.15) is 11.7 Å². The summed E-state index contributed by atoms with van der Waals surface area (Å²) in [7, 11) is 6.75. The van der Waals surface area contributed by atoms with Crippen LogP contribution >= 0.6 is 0 Å². The molecule has 0 N–H and O–H groups in total. The van der Waals surface area contributed by atoms with Crippen molar-refractivity contribution in [2.24, 2.45) is 0 Å². The van der Waals surface area contributed by atoms with Crippen LogP contribution in [0.1, 0.15) is 44.8 Å². The molecule has 0 spiro atoms. The summed E-state index contributed by atoms with van der Waals surface area (Å²) in [6.07, 6.45) is 0.198. The lowest BCUT2D eigenvalue weighted by Crippen LogP contribution is -2.36. The summed E-state index contributed by atoms with van der Waals surface area (Å²) in [6.45, 7) is 2.95. The van der Waals surface area contributed by atoms with Crippen LogP contribution in [-0.4, -0.2) is 52.6 Å². The summed E-state index contributed by atoms with van der Waals surface area (Å²) in [6, 6.07) is 11.7. The van der Waals surface area contributed by atoms with E-state index in [2.05, 4.69) is 30.0 Å². The molecule has 8 heteroatoms. The van der Waals surface area contributed by atoms with Crippen LogP contribution in [0.25, 0.3) is 11.1 Å². The van der Waals surface area contributed by atoms with Crippen molar-refractivity contribution in [3.05, 3.63) is 64.2 Å². The van der Waals surface area contributed by atoms with Crippen molar-refractivity contribution in [3.63, 3.8) is 0 Å². The van der Waals surface area contributed by atoms with Crippen molar-refractivity contribution in [1.82, 2.24) is 4.90 Å². The number of fused-ring (bicyclic) bond motifs is 3. The fourth-order valence-electron chi connectivity index (χ4n) is 5.94. The number of esters is 1. The van der Waals surface area contributed by atoms with Gasteiger partial charge < -0.3 is 28.4 Å². The lowest BCUT2D eigenvalue weighted by Gasteiger charge is -2.39. The largest absolute Gasteiger partial charge is 0.493 e. The molecule has 37 heavy (non-hydrogen) atoms. The summed E-state index contributed by atoms with van der Waals surface area (Å²) in [5.74, 6) is 2.31. The van der Waals surface area contributed by atoms with Gasteiger partial charge in [-0.25, -0.2) is 4.79 Å².